The number of hydrogen-bond donors (Lipinski definition) is 2. The number of rotatable bonds is 9. The second kappa shape index (κ2) is 24.5. The zero-order valence-electron chi connectivity index (χ0n) is 39.1. The van der Waals surface area contributed by atoms with Crippen molar-refractivity contribution < 1.29 is 19.7 Å². The van der Waals surface area contributed by atoms with Crippen LogP contribution < -0.4 is 0 Å². The highest BCUT2D eigenvalue weighted by Crippen LogP contribution is 2.65. The van der Waals surface area contributed by atoms with Gasteiger partial charge in [0.05, 0.1) is 36.1 Å². The van der Waals surface area contributed by atoms with E-state index in [2.05, 4.69) is 61.6 Å². The summed E-state index contributed by atoms with van der Waals surface area (Å²) >= 11 is 0. The lowest BCUT2D eigenvalue weighted by molar-refractivity contribution is -0.221. The molecule has 0 aromatic rings. The van der Waals surface area contributed by atoms with E-state index >= 15 is 0 Å². The Kier molecular flexibility index (Phi) is 21.8. The number of allylic oxidation sites excluding steroid dienone is 2. The van der Waals surface area contributed by atoms with Crippen molar-refractivity contribution in [1.29, 1.82) is 0 Å². The van der Waals surface area contributed by atoms with Crippen molar-refractivity contribution >= 4 is 0 Å². The third kappa shape index (κ3) is 14.8. The van der Waals surface area contributed by atoms with Crippen LogP contribution >= 0.6 is 0 Å². The maximum atomic E-state index is 10.5. The summed E-state index contributed by atoms with van der Waals surface area (Å²) in [5, 5.41) is 20.5. The van der Waals surface area contributed by atoms with Crippen LogP contribution in [-0.2, 0) is 9.47 Å². The van der Waals surface area contributed by atoms with Crippen molar-refractivity contribution in [1.82, 2.24) is 0 Å². The quantitative estimate of drug-likeness (QED) is 0.229. The second-order valence-electron chi connectivity index (χ2n) is 20.3. The molecule has 7 aliphatic rings. The predicted molar refractivity (Wildman–Crippen MR) is 241 cm³/mol. The van der Waals surface area contributed by atoms with E-state index < -0.39 is 0 Å². The van der Waals surface area contributed by atoms with Crippen molar-refractivity contribution in [3.05, 3.63) is 24.3 Å². The fraction of sp³-hybridized carbons (Fsp3) is 0.923. The monoisotopic (exact) mass is 785 g/mol. The molecule has 1 saturated heterocycles. The molecule has 1 aliphatic heterocycles. The van der Waals surface area contributed by atoms with E-state index in [0.29, 0.717) is 5.92 Å². The summed E-state index contributed by atoms with van der Waals surface area (Å²) in [6, 6.07) is 0. The van der Waals surface area contributed by atoms with Crippen LogP contribution in [0.1, 0.15) is 211 Å². The highest BCUT2D eigenvalue weighted by molar-refractivity contribution is 5.07. The molecule has 1 heterocycles. The fourth-order valence-electron chi connectivity index (χ4n) is 12.2. The first kappa shape index (κ1) is 49.7. The molecule has 15 atom stereocenters. The van der Waals surface area contributed by atoms with Gasteiger partial charge in [-0.05, 0) is 190 Å². The lowest BCUT2D eigenvalue weighted by Gasteiger charge is -2.48. The Morgan fingerprint density at radius 2 is 1.39 bits per heavy atom. The van der Waals surface area contributed by atoms with Gasteiger partial charge in [0.2, 0.25) is 0 Å². The minimum Gasteiger partial charge on any atom is -0.393 e. The van der Waals surface area contributed by atoms with E-state index in [9.17, 15) is 10.2 Å². The number of hydrogen-bond acceptors (Lipinski definition) is 4. The standard InChI is InChI=1S/C25H42O.C16H30O3.C7H12.2C2H6/c1-4-18-7-9-20-15-24-22(25(24)17(3)23(20)14-18)12-11-21(26)10-8-19-6-5-16(2)13-19;1-6-13-14(19-16(3,4)5)9-11-7-8-12(17)10(2)15(11)18-13;1-7-5-3-2-4-6-7;2*1-2/h17-26H,2,4-15H2,1,3H3;10-15,17H,6-9H2,1-5H3;1-6H2;2*1-2H3/t;10-,11+,12?,13?,14?,15+;;;/m.1.../s1. The lowest BCUT2D eigenvalue weighted by atomic mass is 9.63. The molecule has 0 radical (unpaired) electrons. The van der Waals surface area contributed by atoms with E-state index in [4.69, 9.17) is 9.47 Å². The second-order valence-corrected chi connectivity index (χ2v) is 20.3. The van der Waals surface area contributed by atoms with Crippen LogP contribution in [0.3, 0.4) is 0 Å². The van der Waals surface area contributed by atoms with Gasteiger partial charge in [-0.25, -0.2) is 0 Å². The summed E-state index contributed by atoms with van der Waals surface area (Å²) in [5.41, 5.74) is 2.78. The van der Waals surface area contributed by atoms with Gasteiger partial charge in [0.25, 0.3) is 0 Å². The molecule has 12 unspecified atom stereocenters. The predicted octanol–water partition coefficient (Wildman–Crippen LogP) is 14.3. The number of fused-ring (bicyclic) bond motifs is 3. The van der Waals surface area contributed by atoms with Crippen molar-refractivity contribution in [3.8, 4) is 0 Å². The average Bonchev–Trinajstić information content (AvgIpc) is 3.74. The fourth-order valence-corrected chi connectivity index (χ4v) is 12.2. The van der Waals surface area contributed by atoms with Crippen LogP contribution in [0, 0.1) is 59.2 Å². The molecule has 0 spiro atoms. The summed E-state index contributed by atoms with van der Waals surface area (Å²) in [6.07, 6.45) is 27.0. The smallest absolute Gasteiger partial charge is 0.0847 e. The molecule has 7 rings (SSSR count). The van der Waals surface area contributed by atoms with Crippen molar-refractivity contribution in [2.75, 3.05) is 0 Å². The summed E-state index contributed by atoms with van der Waals surface area (Å²) in [6.45, 7) is 31.6. The normalized spacial score (nSPS) is 39.2. The zero-order chi connectivity index (χ0) is 41.6. The van der Waals surface area contributed by atoms with Gasteiger partial charge in [0.1, 0.15) is 0 Å². The SMILES string of the molecule is C=C1CCC(CCC(O)CCC2C3CC4CCC(CC)CC4C(C)C23)C1.C=C1CCCCC1.CC.CC.CCC1O[C@@H]2[C@@H](CCC(O)[C@H]2C)CC1OC(C)(C)C. The largest absolute Gasteiger partial charge is 0.393 e. The highest BCUT2D eigenvalue weighted by Gasteiger charge is 2.59. The summed E-state index contributed by atoms with van der Waals surface area (Å²) in [5.74, 6) is 8.65. The van der Waals surface area contributed by atoms with Crippen LogP contribution in [0.2, 0.25) is 0 Å². The van der Waals surface area contributed by atoms with E-state index in [0.717, 1.165) is 85.9 Å². The molecule has 4 heteroatoms. The van der Waals surface area contributed by atoms with Gasteiger partial charge in [-0.1, -0.05) is 99.0 Å². The van der Waals surface area contributed by atoms with Gasteiger partial charge >= 0.3 is 0 Å². The first-order valence-corrected chi connectivity index (χ1v) is 24.8. The molecule has 0 bridgehead atoms. The molecular formula is C52H96O4. The van der Waals surface area contributed by atoms with E-state index in [-0.39, 0.29) is 42.0 Å². The van der Waals surface area contributed by atoms with Gasteiger partial charge < -0.3 is 19.7 Å². The van der Waals surface area contributed by atoms with Gasteiger partial charge in [0, 0.05) is 5.92 Å². The number of aliphatic hydroxyl groups is 2. The third-order valence-corrected chi connectivity index (χ3v) is 15.4. The van der Waals surface area contributed by atoms with Gasteiger partial charge in [-0.3, -0.25) is 0 Å². The Labute approximate surface area is 349 Å². The van der Waals surface area contributed by atoms with Gasteiger partial charge in [0.15, 0.2) is 0 Å². The highest BCUT2D eigenvalue weighted by atomic mass is 16.6. The Bertz CT molecular complexity index is 1100. The van der Waals surface area contributed by atoms with Crippen LogP contribution in [0.5, 0.6) is 0 Å². The first-order chi connectivity index (χ1) is 26.8. The molecule has 6 aliphatic carbocycles. The summed E-state index contributed by atoms with van der Waals surface area (Å²) in [4.78, 5) is 0. The Balaban J connectivity index is 0.000000245. The number of ether oxygens (including phenoxy) is 2. The molecule has 0 aromatic carbocycles. The maximum absolute atomic E-state index is 10.5. The molecule has 4 nitrogen and oxygen atoms in total. The molecule has 2 N–H and O–H groups in total. The van der Waals surface area contributed by atoms with Gasteiger partial charge in [-0.2, -0.15) is 0 Å². The molecule has 328 valence electrons. The third-order valence-electron chi connectivity index (χ3n) is 15.4. The van der Waals surface area contributed by atoms with Crippen LogP contribution in [-0.4, -0.2) is 46.3 Å². The molecule has 7 fully saturated rings. The zero-order valence-corrected chi connectivity index (χ0v) is 39.1. The van der Waals surface area contributed by atoms with Gasteiger partial charge in [-0.15, -0.1) is 0 Å². The summed E-state index contributed by atoms with van der Waals surface area (Å²) < 4.78 is 12.5. The minimum atomic E-state index is -0.196. The summed E-state index contributed by atoms with van der Waals surface area (Å²) in [7, 11) is 0. The van der Waals surface area contributed by atoms with Crippen molar-refractivity contribution in [2.24, 2.45) is 59.2 Å². The van der Waals surface area contributed by atoms with E-state index in [1.807, 2.05) is 27.7 Å². The number of aliphatic hydroxyl groups excluding tert-OH is 2. The van der Waals surface area contributed by atoms with E-state index in [1.54, 1.807) is 0 Å². The van der Waals surface area contributed by atoms with Crippen molar-refractivity contribution in [2.45, 2.75) is 247 Å². The van der Waals surface area contributed by atoms with Crippen LogP contribution in [0.25, 0.3) is 0 Å². The van der Waals surface area contributed by atoms with E-state index in [1.165, 1.54) is 107 Å². The molecule has 56 heavy (non-hydrogen) atoms. The molecular weight excluding hydrogens is 689 g/mol. The molecule has 0 aromatic heterocycles. The molecule has 6 saturated carbocycles. The maximum Gasteiger partial charge on any atom is 0.0847 e. The van der Waals surface area contributed by atoms with Crippen molar-refractivity contribution in [3.63, 3.8) is 0 Å². The Morgan fingerprint density at radius 3 is 1.96 bits per heavy atom. The Morgan fingerprint density at radius 1 is 0.732 bits per heavy atom. The molecule has 0 amide bonds. The lowest BCUT2D eigenvalue weighted by Crippen LogP contribution is -2.53. The average molecular weight is 785 g/mol. The minimum absolute atomic E-state index is 0.0476. The topological polar surface area (TPSA) is 58.9 Å². The Hall–Kier alpha value is -0.680. The first-order valence-electron chi connectivity index (χ1n) is 24.8. The van der Waals surface area contributed by atoms with Crippen LogP contribution in [0.15, 0.2) is 24.3 Å². The van der Waals surface area contributed by atoms with Crippen LogP contribution in [0.4, 0.5) is 0 Å².